The summed E-state index contributed by atoms with van der Waals surface area (Å²) in [5.41, 5.74) is 0.988. The Kier molecular flexibility index (Phi) is 3.97. The fourth-order valence-corrected chi connectivity index (χ4v) is 3.37. The Morgan fingerprint density at radius 2 is 2.31 bits per heavy atom. The van der Waals surface area contributed by atoms with Gasteiger partial charge < -0.3 is 5.11 Å². The van der Waals surface area contributed by atoms with E-state index < -0.39 is 0 Å². The molecule has 2 aromatic rings. The fourth-order valence-electron chi connectivity index (χ4n) is 1.33. The number of thiophene rings is 1. The second kappa shape index (κ2) is 5.27. The number of hydrogen-bond donors (Lipinski definition) is 1. The molecule has 0 aliphatic heterocycles. The van der Waals surface area contributed by atoms with Crippen molar-refractivity contribution in [3.63, 3.8) is 0 Å². The van der Waals surface area contributed by atoms with Crippen molar-refractivity contribution in [2.75, 3.05) is 6.61 Å². The summed E-state index contributed by atoms with van der Waals surface area (Å²) in [5.74, 6) is 0.269. The molecule has 1 unspecified atom stereocenters. The van der Waals surface area contributed by atoms with Crippen molar-refractivity contribution in [1.29, 1.82) is 0 Å². The molecule has 0 aliphatic rings. The first kappa shape index (κ1) is 12.0. The van der Waals surface area contributed by atoms with Gasteiger partial charge in [-0.2, -0.15) is 0 Å². The van der Waals surface area contributed by atoms with Gasteiger partial charge in [0.2, 0.25) is 0 Å². The highest BCUT2D eigenvalue weighted by Gasteiger charge is 2.09. The second-order valence-corrected chi connectivity index (χ2v) is 6.38. The van der Waals surface area contributed by atoms with Crippen LogP contribution in [0.2, 0.25) is 4.34 Å². The van der Waals surface area contributed by atoms with Crippen LogP contribution in [0, 0.1) is 5.92 Å². The van der Waals surface area contributed by atoms with E-state index in [9.17, 15) is 0 Å². The van der Waals surface area contributed by atoms with Crippen molar-refractivity contribution in [2.24, 2.45) is 5.92 Å². The van der Waals surface area contributed by atoms with Crippen LogP contribution in [-0.4, -0.2) is 16.7 Å². The molecule has 0 saturated heterocycles. The lowest BCUT2D eigenvalue weighted by Gasteiger charge is -2.02. The van der Waals surface area contributed by atoms with Gasteiger partial charge in [-0.15, -0.1) is 22.7 Å². The molecule has 0 radical (unpaired) electrons. The van der Waals surface area contributed by atoms with Crippen molar-refractivity contribution >= 4 is 34.3 Å². The molecule has 86 valence electrons. The van der Waals surface area contributed by atoms with Crippen molar-refractivity contribution in [2.45, 2.75) is 13.3 Å². The molecule has 0 amide bonds. The summed E-state index contributed by atoms with van der Waals surface area (Å²) in [6.45, 7) is 2.23. The van der Waals surface area contributed by atoms with Crippen LogP contribution in [0.5, 0.6) is 0 Å². The third-order valence-corrected chi connectivity index (χ3v) is 4.34. The zero-order chi connectivity index (χ0) is 11.5. The lowest BCUT2D eigenvalue weighted by molar-refractivity contribution is 0.237. The van der Waals surface area contributed by atoms with E-state index in [0.29, 0.717) is 0 Å². The molecule has 0 fully saturated rings. The van der Waals surface area contributed by atoms with Gasteiger partial charge in [0.25, 0.3) is 0 Å². The maximum atomic E-state index is 8.98. The van der Waals surface area contributed by atoms with Gasteiger partial charge in [0.15, 0.2) is 0 Å². The molecule has 2 nitrogen and oxygen atoms in total. The van der Waals surface area contributed by atoms with Gasteiger partial charge in [0.05, 0.1) is 19.9 Å². The number of rotatable bonds is 4. The largest absolute Gasteiger partial charge is 0.396 e. The second-order valence-electron chi connectivity index (χ2n) is 3.72. The Morgan fingerprint density at radius 1 is 1.50 bits per heavy atom. The third-order valence-electron chi connectivity index (χ3n) is 2.21. The van der Waals surface area contributed by atoms with E-state index in [4.69, 9.17) is 16.7 Å². The predicted molar refractivity (Wildman–Crippen MR) is 70.4 cm³/mol. The minimum Gasteiger partial charge on any atom is -0.396 e. The first-order valence-electron chi connectivity index (χ1n) is 5.00. The SMILES string of the molecule is CC(CO)Cc1nc(-c2ccc(Cl)s2)cs1. The zero-order valence-corrected chi connectivity index (χ0v) is 11.2. The van der Waals surface area contributed by atoms with Crippen LogP contribution < -0.4 is 0 Å². The average molecular weight is 274 g/mol. The quantitative estimate of drug-likeness (QED) is 0.921. The predicted octanol–water partition coefficient (Wildman–Crippen LogP) is 3.70. The van der Waals surface area contributed by atoms with Gasteiger partial charge in [-0.05, 0) is 18.1 Å². The van der Waals surface area contributed by atoms with E-state index in [1.807, 2.05) is 24.4 Å². The maximum absolute atomic E-state index is 8.98. The van der Waals surface area contributed by atoms with Gasteiger partial charge in [0.1, 0.15) is 0 Å². The van der Waals surface area contributed by atoms with Crippen molar-refractivity contribution in [1.82, 2.24) is 4.98 Å². The summed E-state index contributed by atoms with van der Waals surface area (Å²) >= 11 is 9.06. The molecule has 0 bridgehead atoms. The molecule has 16 heavy (non-hydrogen) atoms. The summed E-state index contributed by atoms with van der Waals surface area (Å²) in [6.07, 6.45) is 0.834. The number of halogens is 1. The molecular weight excluding hydrogens is 262 g/mol. The van der Waals surface area contributed by atoms with E-state index >= 15 is 0 Å². The molecule has 5 heteroatoms. The average Bonchev–Trinajstić information content (AvgIpc) is 2.87. The summed E-state index contributed by atoms with van der Waals surface area (Å²) in [7, 11) is 0. The number of aliphatic hydroxyl groups excluding tert-OH is 1. The molecule has 0 aromatic carbocycles. The summed E-state index contributed by atoms with van der Waals surface area (Å²) in [5, 5.41) is 12.1. The summed E-state index contributed by atoms with van der Waals surface area (Å²) in [6, 6.07) is 3.87. The van der Waals surface area contributed by atoms with Gasteiger partial charge >= 0.3 is 0 Å². The highest BCUT2D eigenvalue weighted by Crippen LogP contribution is 2.31. The van der Waals surface area contributed by atoms with E-state index in [1.54, 1.807) is 11.3 Å². The number of hydrogen-bond acceptors (Lipinski definition) is 4. The van der Waals surface area contributed by atoms with Crippen LogP contribution in [0.3, 0.4) is 0 Å². The summed E-state index contributed by atoms with van der Waals surface area (Å²) < 4.78 is 0.785. The summed E-state index contributed by atoms with van der Waals surface area (Å²) in [4.78, 5) is 5.64. The monoisotopic (exact) mass is 273 g/mol. The minimum atomic E-state index is 0.208. The van der Waals surface area contributed by atoms with Crippen LogP contribution >= 0.6 is 34.3 Å². The van der Waals surface area contributed by atoms with Gasteiger partial charge in [-0.25, -0.2) is 4.98 Å². The Labute approximate surface area is 108 Å². The highest BCUT2D eigenvalue weighted by molar-refractivity contribution is 7.19. The molecular formula is C11H12ClNOS2. The van der Waals surface area contributed by atoms with E-state index in [2.05, 4.69) is 4.98 Å². The molecule has 0 spiro atoms. The number of aromatic nitrogens is 1. The third kappa shape index (κ3) is 2.83. The molecule has 2 heterocycles. The van der Waals surface area contributed by atoms with Crippen LogP contribution in [0.15, 0.2) is 17.5 Å². The van der Waals surface area contributed by atoms with Gasteiger partial charge in [-0.3, -0.25) is 0 Å². The Hall–Kier alpha value is -0.420. The molecule has 2 aromatic heterocycles. The van der Waals surface area contributed by atoms with E-state index in [-0.39, 0.29) is 12.5 Å². The zero-order valence-electron chi connectivity index (χ0n) is 8.81. The Morgan fingerprint density at radius 3 is 2.94 bits per heavy atom. The minimum absolute atomic E-state index is 0.208. The van der Waals surface area contributed by atoms with Crippen LogP contribution in [0.25, 0.3) is 10.6 Å². The number of aliphatic hydroxyl groups is 1. The van der Waals surface area contributed by atoms with Gasteiger partial charge in [0, 0.05) is 18.4 Å². The van der Waals surface area contributed by atoms with Crippen molar-refractivity contribution in [3.8, 4) is 10.6 Å². The molecule has 2 rings (SSSR count). The fraction of sp³-hybridized carbons (Fsp3) is 0.364. The topological polar surface area (TPSA) is 33.1 Å². The van der Waals surface area contributed by atoms with Crippen molar-refractivity contribution in [3.05, 3.63) is 26.9 Å². The van der Waals surface area contributed by atoms with Crippen LogP contribution in [0.4, 0.5) is 0 Å². The smallest absolute Gasteiger partial charge is 0.0936 e. The number of thiazole rings is 1. The van der Waals surface area contributed by atoms with Crippen LogP contribution in [-0.2, 0) is 6.42 Å². The van der Waals surface area contributed by atoms with Crippen molar-refractivity contribution < 1.29 is 5.11 Å². The normalized spacial score (nSPS) is 12.9. The first-order valence-corrected chi connectivity index (χ1v) is 7.07. The highest BCUT2D eigenvalue weighted by atomic mass is 35.5. The lowest BCUT2D eigenvalue weighted by atomic mass is 10.1. The Bertz CT molecular complexity index is 466. The van der Waals surface area contributed by atoms with E-state index in [0.717, 1.165) is 26.3 Å². The van der Waals surface area contributed by atoms with E-state index in [1.165, 1.54) is 11.3 Å². The first-order chi connectivity index (χ1) is 7.69. The van der Waals surface area contributed by atoms with Crippen LogP contribution in [0.1, 0.15) is 11.9 Å². The molecule has 1 atom stereocenters. The molecule has 0 aliphatic carbocycles. The maximum Gasteiger partial charge on any atom is 0.0936 e. The molecule has 0 saturated carbocycles. The number of nitrogens with zero attached hydrogens (tertiary/aromatic N) is 1. The molecule has 1 N–H and O–H groups in total. The lowest BCUT2D eigenvalue weighted by Crippen LogP contribution is -2.03. The van der Waals surface area contributed by atoms with Gasteiger partial charge in [-0.1, -0.05) is 18.5 Å². The Balaban J connectivity index is 2.13. The standard InChI is InChI=1S/C11H12ClNOS2/c1-7(5-14)4-11-13-8(6-15-11)9-2-3-10(12)16-9/h2-3,6-7,14H,4-5H2,1H3.